The van der Waals surface area contributed by atoms with Crippen molar-refractivity contribution in [3.63, 3.8) is 0 Å². The van der Waals surface area contributed by atoms with Crippen molar-refractivity contribution in [2.24, 2.45) is 16.6 Å². The van der Waals surface area contributed by atoms with Crippen LogP contribution in [0.4, 0.5) is 0 Å². The Bertz CT molecular complexity index is 838. The first-order valence-corrected chi connectivity index (χ1v) is 9.56. The normalized spacial score (nSPS) is 13.4. The maximum Gasteiger partial charge on any atom is 0.189 e. The van der Waals surface area contributed by atoms with E-state index in [1.165, 1.54) is 18.4 Å². The number of hydrogen-bond donors (Lipinski definition) is 2. The number of nitrogens with one attached hydrogen (secondary N) is 1. The zero-order chi connectivity index (χ0) is 19.9. The SMILES string of the molecule is COc1ccc(CN=C(N)NCc2ccc(C)cc2OCC2CC2)cc1OC.I. The van der Waals surface area contributed by atoms with Crippen molar-refractivity contribution >= 4 is 29.9 Å². The van der Waals surface area contributed by atoms with Gasteiger partial charge in [0.15, 0.2) is 17.5 Å². The van der Waals surface area contributed by atoms with Crippen LogP contribution in [-0.4, -0.2) is 26.8 Å². The number of guanidine groups is 1. The van der Waals surface area contributed by atoms with Crippen LogP contribution in [0, 0.1) is 12.8 Å². The third-order valence-electron chi connectivity index (χ3n) is 4.73. The fraction of sp³-hybridized carbons (Fsp3) is 0.409. The van der Waals surface area contributed by atoms with Crippen LogP contribution in [-0.2, 0) is 13.1 Å². The average molecular weight is 511 g/mol. The second-order valence-electron chi connectivity index (χ2n) is 7.11. The van der Waals surface area contributed by atoms with Crippen molar-refractivity contribution in [3.05, 3.63) is 53.1 Å². The van der Waals surface area contributed by atoms with E-state index in [2.05, 4.69) is 35.4 Å². The van der Waals surface area contributed by atoms with Crippen LogP contribution in [0.3, 0.4) is 0 Å². The molecule has 0 bridgehead atoms. The van der Waals surface area contributed by atoms with Crippen molar-refractivity contribution in [2.45, 2.75) is 32.9 Å². The van der Waals surface area contributed by atoms with Crippen molar-refractivity contribution in [3.8, 4) is 17.2 Å². The second kappa shape index (κ2) is 11.1. The van der Waals surface area contributed by atoms with E-state index >= 15 is 0 Å². The van der Waals surface area contributed by atoms with Crippen LogP contribution in [0.2, 0.25) is 0 Å². The lowest BCUT2D eigenvalue weighted by atomic mass is 10.1. The largest absolute Gasteiger partial charge is 0.493 e. The number of nitrogens with two attached hydrogens (primary N) is 1. The van der Waals surface area contributed by atoms with Gasteiger partial charge in [0.2, 0.25) is 0 Å². The topological polar surface area (TPSA) is 78.1 Å². The molecule has 1 fully saturated rings. The number of methoxy groups -OCH3 is 2. The number of ether oxygens (including phenoxy) is 3. The highest BCUT2D eigenvalue weighted by Crippen LogP contribution is 2.31. The quantitative estimate of drug-likeness (QED) is 0.302. The van der Waals surface area contributed by atoms with Gasteiger partial charge < -0.3 is 25.3 Å². The molecule has 1 saturated carbocycles. The van der Waals surface area contributed by atoms with Gasteiger partial charge in [-0.1, -0.05) is 18.2 Å². The van der Waals surface area contributed by atoms with Gasteiger partial charge in [0.05, 0.1) is 27.4 Å². The van der Waals surface area contributed by atoms with Gasteiger partial charge in [-0.05, 0) is 55.0 Å². The standard InChI is InChI=1S/C22H29N3O3.HI/c1-15-4-8-18(20(10-15)28-14-16-5-6-16)13-25-22(23)24-12-17-7-9-19(26-2)21(11-17)27-3;/h4,7-11,16H,5-6,12-14H2,1-3H3,(H3,23,24,25);1H. The number of aliphatic imine (C=N–C) groups is 1. The third-order valence-corrected chi connectivity index (χ3v) is 4.73. The Morgan fingerprint density at radius 3 is 2.52 bits per heavy atom. The minimum Gasteiger partial charge on any atom is -0.493 e. The lowest BCUT2D eigenvalue weighted by Crippen LogP contribution is -2.31. The molecule has 3 rings (SSSR count). The highest BCUT2D eigenvalue weighted by Gasteiger charge is 2.22. The summed E-state index contributed by atoms with van der Waals surface area (Å²) in [7, 11) is 3.23. The molecule has 1 aliphatic carbocycles. The number of aryl methyl sites for hydroxylation is 1. The molecule has 0 saturated heterocycles. The number of rotatable bonds is 9. The summed E-state index contributed by atoms with van der Waals surface area (Å²) in [6.07, 6.45) is 2.55. The Balaban J connectivity index is 0.00000300. The zero-order valence-electron chi connectivity index (χ0n) is 17.2. The maximum atomic E-state index is 6.05. The first-order chi connectivity index (χ1) is 13.6. The van der Waals surface area contributed by atoms with Crippen LogP contribution < -0.4 is 25.3 Å². The minimum absolute atomic E-state index is 0. The summed E-state index contributed by atoms with van der Waals surface area (Å²) in [6, 6.07) is 11.9. The monoisotopic (exact) mass is 511 g/mol. The highest BCUT2D eigenvalue weighted by atomic mass is 127. The summed E-state index contributed by atoms with van der Waals surface area (Å²) in [4.78, 5) is 4.42. The van der Waals surface area contributed by atoms with E-state index in [0.29, 0.717) is 30.5 Å². The van der Waals surface area contributed by atoms with Crippen LogP contribution in [0.1, 0.15) is 29.5 Å². The number of hydrogen-bond acceptors (Lipinski definition) is 4. The van der Waals surface area contributed by atoms with E-state index in [1.54, 1.807) is 14.2 Å². The first kappa shape index (κ1) is 23.1. The molecule has 0 radical (unpaired) electrons. The molecule has 2 aromatic carbocycles. The second-order valence-corrected chi connectivity index (χ2v) is 7.11. The van der Waals surface area contributed by atoms with Gasteiger partial charge in [0.1, 0.15) is 5.75 Å². The Morgan fingerprint density at radius 2 is 1.83 bits per heavy atom. The molecule has 2 aromatic rings. The molecule has 158 valence electrons. The van der Waals surface area contributed by atoms with Gasteiger partial charge in [0, 0.05) is 12.1 Å². The molecular formula is C22H30IN3O3. The van der Waals surface area contributed by atoms with Gasteiger partial charge >= 0.3 is 0 Å². The molecule has 29 heavy (non-hydrogen) atoms. The van der Waals surface area contributed by atoms with Crippen molar-refractivity contribution in [2.75, 3.05) is 20.8 Å². The Hall–Kier alpha value is -2.16. The summed E-state index contributed by atoms with van der Waals surface area (Å²) in [5, 5.41) is 3.18. The predicted molar refractivity (Wildman–Crippen MR) is 127 cm³/mol. The van der Waals surface area contributed by atoms with Gasteiger partial charge in [-0.2, -0.15) is 0 Å². The molecule has 0 spiro atoms. The number of benzene rings is 2. The summed E-state index contributed by atoms with van der Waals surface area (Å²) in [6.45, 7) is 3.89. The highest BCUT2D eigenvalue weighted by molar-refractivity contribution is 14.0. The predicted octanol–water partition coefficient (Wildman–Crippen LogP) is 4.02. The van der Waals surface area contributed by atoms with Gasteiger partial charge in [-0.15, -0.1) is 24.0 Å². The molecule has 0 unspecified atom stereocenters. The lowest BCUT2D eigenvalue weighted by molar-refractivity contribution is 0.296. The molecule has 7 heteroatoms. The zero-order valence-corrected chi connectivity index (χ0v) is 19.6. The minimum atomic E-state index is 0. The molecule has 6 nitrogen and oxygen atoms in total. The van der Waals surface area contributed by atoms with Crippen molar-refractivity contribution in [1.29, 1.82) is 0 Å². The molecule has 0 heterocycles. The Morgan fingerprint density at radius 1 is 1.07 bits per heavy atom. The summed E-state index contributed by atoms with van der Waals surface area (Å²) in [5.41, 5.74) is 9.31. The molecule has 1 aliphatic rings. The maximum absolute atomic E-state index is 6.05. The average Bonchev–Trinajstić information content (AvgIpc) is 3.54. The fourth-order valence-electron chi connectivity index (χ4n) is 2.83. The number of halogens is 1. The smallest absolute Gasteiger partial charge is 0.189 e. The van der Waals surface area contributed by atoms with Crippen molar-refractivity contribution in [1.82, 2.24) is 5.32 Å². The van der Waals surface area contributed by atoms with E-state index in [4.69, 9.17) is 19.9 Å². The van der Waals surface area contributed by atoms with Gasteiger partial charge in [-0.25, -0.2) is 4.99 Å². The van der Waals surface area contributed by atoms with E-state index in [9.17, 15) is 0 Å². The lowest BCUT2D eigenvalue weighted by Gasteiger charge is -2.13. The molecular weight excluding hydrogens is 481 g/mol. The Labute approximate surface area is 189 Å². The number of nitrogens with zero attached hydrogens (tertiary/aromatic N) is 1. The first-order valence-electron chi connectivity index (χ1n) is 9.56. The van der Waals surface area contributed by atoms with Crippen LogP contribution >= 0.6 is 24.0 Å². The molecule has 3 N–H and O–H groups in total. The summed E-state index contributed by atoms with van der Waals surface area (Å²) < 4.78 is 16.6. The van der Waals surface area contributed by atoms with Gasteiger partial charge in [-0.3, -0.25) is 0 Å². The molecule has 0 aromatic heterocycles. The van der Waals surface area contributed by atoms with Crippen LogP contribution in [0.5, 0.6) is 17.2 Å². The molecule has 0 atom stereocenters. The Kier molecular flexibility index (Phi) is 8.88. The summed E-state index contributed by atoms with van der Waals surface area (Å²) >= 11 is 0. The fourth-order valence-corrected chi connectivity index (χ4v) is 2.83. The van der Waals surface area contributed by atoms with E-state index < -0.39 is 0 Å². The van der Waals surface area contributed by atoms with E-state index in [-0.39, 0.29) is 24.0 Å². The van der Waals surface area contributed by atoms with Crippen LogP contribution in [0.15, 0.2) is 41.4 Å². The van der Waals surface area contributed by atoms with Gasteiger partial charge in [0.25, 0.3) is 0 Å². The molecule has 0 amide bonds. The van der Waals surface area contributed by atoms with Crippen LogP contribution in [0.25, 0.3) is 0 Å². The summed E-state index contributed by atoms with van der Waals surface area (Å²) in [5.74, 6) is 3.41. The van der Waals surface area contributed by atoms with Crippen molar-refractivity contribution < 1.29 is 14.2 Å². The van der Waals surface area contributed by atoms with E-state index in [1.807, 2.05) is 18.2 Å². The third kappa shape index (κ3) is 6.99. The van der Waals surface area contributed by atoms with E-state index in [0.717, 1.165) is 29.4 Å². The molecule has 0 aliphatic heterocycles.